The van der Waals surface area contributed by atoms with Crippen LogP contribution in [0.15, 0.2) is 18.6 Å². The Morgan fingerprint density at radius 3 is 2.57 bits per heavy atom. The molecular weight excluding hydrogens is 396 g/mol. The molecule has 11 nitrogen and oxygen atoms in total. The molecule has 1 unspecified atom stereocenters. The first-order valence-corrected chi connectivity index (χ1v) is 9.32. The Morgan fingerprint density at radius 1 is 1.20 bits per heavy atom. The third-order valence-electron chi connectivity index (χ3n) is 4.94. The molecule has 0 radical (unpaired) electrons. The Bertz CT molecular complexity index is 975. The van der Waals surface area contributed by atoms with E-state index in [-0.39, 0.29) is 13.2 Å². The molecule has 2 N–H and O–H groups in total. The van der Waals surface area contributed by atoms with Gasteiger partial charge in [0.05, 0.1) is 11.9 Å². The molecule has 0 aliphatic carbocycles. The van der Waals surface area contributed by atoms with Gasteiger partial charge in [-0.15, -0.1) is 0 Å². The Kier molecular flexibility index (Phi) is 5.92. The number of nitrogens with two attached hydrogens (primary N) is 1. The fraction of sp³-hybridized carbons (Fsp3) is 0.526. The van der Waals surface area contributed by atoms with Gasteiger partial charge in [0.25, 0.3) is 0 Å². The lowest BCUT2D eigenvalue weighted by atomic mass is 9.91. The van der Waals surface area contributed by atoms with Gasteiger partial charge in [0, 0.05) is 27.0 Å². The van der Waals surface area contributed by atoms with Crippen molar-refractivity contribution < 1.29 is 33.3 Å². The molecule has 0 amide bonds. The highest BCUT2D eigenvalue weighted by atomic mass is 16.7. The van der Waals surface area contributed by atoms with Crippen LogP contribution in [0.5, 0.6) is 0 Å². The Labute approximate surface area is 172 Å². The molecule has 3 heterocycles. The van der Waals surface area contributed by atoms with E-state index in [0.717, 1.165) is 0 Å². The predicted octanol–water partition coefficient (Wildman–Crippen LogP) is 0.597. The van der Waals surface area contributed by atoms with Crippen molar-refractivity contribution in [2.24, 2.45) is 0 Å². The molecule has 3 rings (SSSR count). The number of carbonyl (C=O) groups is 3. The first kappa shape index (κ1) is 21.5. The second-order valence-corrected chi connectivity index (χ2v) is 7.24. The predicted molar refractivity (Wildman–Crippen MR) is 103 cm³/mol. The summed E-state index contributed by atoms with van der Waals surface area (Å²) in [6.07, 6.45) is 0.560. The maximum atomic E-state index is 11.9. The Morgan fingerprint density at radius 2 is 1.93 bits per heavy atom. The minimum atomic E-state index is -1.34. The van der Waals surface area contributed by atoms with E-state index < -0.39 is 41.8 Å². The molecule has 1 aliphatic heterocycles. The SMILES string of the molecule is CC(=O)OC[C@H]1OC(Cn2ccc3c(N)ncnc32)[C@@](C)(OC(C)=O)[C@@H]1OC(C)=O. The van der Waals surface area contributed by atoms with Gasteiger partial charge in [-0.3, -0.25) is 14.4 Å². The number of hydrogen-bond acceptors (Lipinski definition) is 10. The van der Waals surface area contributed by atoms with Gasteiger partial charge in [-0.1, -0.05) is 0 Å². The van der Waals surface area contributed by atoms with Gasteiger partial charge in [0.1, 0.15) is 36.6 Å². The summed E-state index contributed by atoms with van der Waals surface area (Å²) in [6, 6.07) is 1.77. The standard InChI is InChI=1S/C19H24N4O7/c1-10(24)27-8-14-16(28-11(2)25)19(4,30-12(3)26)15(29-14)7-23-6-5-13-17(20)21-9-22-18(13)23/h5-6,9,14-16H,7-8H2,1-4H3,(H2,20,21,22)/t14-,15?,16-,19-/m1/s1. The Hall–Kier alpha value is -3.21. The highest BCUT2D eigenvalue weighted by molar-refractivity contribution is 5.85. The van der Waals surface area contributed by atoms with Gasteiger partial charge >= 0.3 is 17.9 Å². The van der Waals surface area contributed by atoms with Crippen molar-refractivity contribution in [3.63, 3.8) is 0 Å². The van der Waals surface area contributed by atoms with Gasteiger partial charge < -0.3 is 29.2 Å². The summed E-state index contributed by atoms with van der Waals surface area (Å²) in [5, 5.41) is 0.665. The summed E-state index contributed by atoms with van der Waals surface area (Å²) in [5.41, 5.74) is 5.13. The lowest BCUT2D eigenvalue weighted by Gasteiger charge is -2.34. The van der Waals surface area contributed by atoms with Crippen molar-refractivity contribution in [1.29, 1.82) is 0 Å². The van der Waals surface area contributed by atoms with E-state index >= 15 is 0 Å². The Balaban J connectivity index is 1.96. The van der Waals surface area contributed by atoms with E-state index in [1.807, 2.05) is 0 Å². The van der Waals surface area contributed by atoms with Crippen LogP contribution in [0.4, 0.5) is 5.82 Å². The third kappa shape index (κ3) is 4.20. The van der Waals surface area contributed by atoms with Crippen LogP contribution in [0.3, 0.4) is 0 Å². The zero-order chi connectivity index (χ0) is 22.1. The van der Waals surface area contributed by atoms with Gasteiger partial charge in [-0.05, 0) is 13.0 Å². The van der Waals surface area contributed by atoms with Crippen molar-refractivity contribution in [2.75, 3.05) is 12.3 Å². The number of hydrogen-bond donors (Lipinski definition) is 1. The molecule has 30 heavy (non-hydrogen) atoms. The van der Waals surface area contributed by atoms with E-state index in [9.17, 15) is 14.4 Å². The van der Waals surface area contributed by atoms with Crippen LogP contribution in [-0.4, -0.2) is 63.0 Å². The first-order chi connectivity index (χ1) is 14.1. The summed E-state index contributed by atoms with van der Waals surface area (Å²) in [4.78, 5) is 43.1. The molecule has 0 saturated carbocycles. The molecule has 4 atom stereocenters. The summed E-state index contributed by atoms with van der Waals surface area (Å²) in [5.74, 6) is -1.33. The van der Waals surface area contributed by atoms with Crippen molar-refractivity contribution in [1.82, 2.24) is 14.5 Å². The molecule has 2 aromatic heterocycles. The lowest BCUT2D eigenvalue weighted by molar-refractivity contribution is -0.181. The number of fused-ring (bicyclic) bond motifs is 1. The maximum Gasteiger partial charge on any atom is 0.303 e. The highest BCUT2D eigenvalue weighted by Crippen LogP contribution is 2.38. The first-order valence-electron chi connectivity index (χ1n) is 9.32. The molecule has 2 aromatic rings. The van der Waals surface area contributed by atoms with E-state index in [1.54, 1.807) is 23.8 Å². The third-order valence-corrected chi connectivity index (χ3v) is 4.94. The summed E-state index contributed by atoms with van der Waals surface area (Å²) in [6.45, 7) is 5.42. The van der Waals surface area contributed by atoms with Crippen LogP contribution in [-0.2, 0) is 39.9 Å². The number of anilines is 1. The fourth-order valence-corrected chi connectivity index (χ4v) is 3.67. The van der Waals surface area contributed by atoms with E-state index in [1.165, 1.54) is 27.1 Å². The number of rotatable bonds is 6. The zero-order valence-electron chi connectivity index (χ0n) is 17.2. The number of carbonyl (C=O) groups excluding carboxylic acids is 3. The number of esters is 3. The normalized spacial score (nSPS) is 25.8. The average molecular weight is 420 g/mol. The number of aromatic nitrogens is 3. The molecule has 0 spiro atoms. The van der Waals surface area contributed by atoms with Crippen LogP contribution in [0.1, 0.15) is 27.7 Å². The summed E-state index contributed by atoms with van der Waals surface area (Å²) < 4.78 is 23.9. The minimum Gasteiger partial charge on any atom is -0.463 e. The lowest BCUT2D eigenvalue weighted by Crippen LogP contribution is -2.52. The van der Waals surface area contributed by atoms with Crippen LogP contribution >= 0.6 is 0 Å². The van der Waals surface area contributed by atoms with Crippen molar-refractivity contribution in [2.45, 2.75) is 58.2 Å². The molecule has 1 aliphatic rings. The number of nitrogens with zero attached hydrogens (tertiary/aromatic N) is 3. The van der Waals surface area contributed by atoms with Crippen LogP contribution in [0.2, 0.25) is 0 Å². The molecule has 1 fully saturated rings. The summed E-state index contributed by atoms with van der Waals surface area (Å²) in [7, 11) is 0. The van der Waals surface area contributed by atoms with Gasteiger partial charge in [0.2, 0.25) is 0 Å². The minimum absolute atomic E-state index is 0.165. The van der Waals surface area contributed by atoms with Gasteiger partial charge in [-0.25, -0.2) is 9.97 Å². The number of ether oxygens (including phenoxy) is 4. The zero-order valence-corrected chi connectivity index (χ0v) is 17.2. The molecule has 0 aromatic carbocycles. The van der Waals surface area contributed by atoms with Crippen LogP contribution in [0, 0.1) is 0 Å². The fourth-order valence-electron chi connectivity index (χ4n) is 3.67. The monoisotopic (exact) mass is 420 g/mol. The molecular formula is C19H24N4O7. The second-order valence-electron chi connectivity index (χ2n) is 7.24. The van der Waals surface area contributed by atoms with E-state index in [4.69, 9.17) is 24.7 Å². The average Bonchev–Trinajstić information content (AvgIpc) is 3.15. The number of nitrogen functional groups attached to an aromatic ring is 1. The van der Waals surface area contributed by atoms with Gasteiger partial charge in [-0.2, -0.15) is 0 Å². The van der Waals surface area contributed by atoms with E-state index in [0.29, 0.717) is 16.9 Å². The van der Waals surface area contributed by atoms with Crippen molar-refractivity contribution >= 4 is 34.8 Å². The van der Waals surface area contributed by atoms with Gasteiger partial charge in [0.15, 0.2) is 11.7 Å². The largest absolute Gasteiger partial charge is 0.463 e. The smallest absolute Gasteiger partial charge is 0.303 e. The molecule has 162 valence electrons. The topological polar surface area (TPSA) is 145 Å². The van der Waals surface area contributed by atoms with Crippen LogP contribution < -0.4 is 5.73 Å². The van der Waals surface area contributed by atoms with Crippen molar-refractivity contribution in [3.05, 3.63) is 18.6 Å². The van der Waals surface area contributed by atoms with Crippen molar-refractivity contribution in [3.8, 4) is 0 Å². The van der Waals surface area contributed by atoms with Crippen LogP contribution in [0.25, 0.3) is 11.0 Å². The highest BCUT2D eigenvalue weighted by Gasteiger charge is 2.58. The quantitative estimate of drug-likeness (QED) is 0.521. The maximum absolute atomic E-state index is 11.9. The second kappa shape index (κ2) is 8.27. The molecule has 11 heteroatoms. The molecule has 1 saturated heterocycles. The summed E-state index contributed by atoms with van der Waals surface area (Å²) >= 11 is 0. The van der Waals surface area contributed by atoms with E-state index in [2.05, 4.69) is 9.97 Å². The molecule has 0 bridgehead atoms.